The fourth-order valence-electron chi connectivity index (χ4n) is 3.56. The number of anilines is 1. The number of benzodiazepines with no additional fused rings is 1. The summed E-state index contributed by atoms with van der Waals surface area (Å²) in [7, 11) is 1.35. The van der Waals surface area contributed by atoms with Gasteiger partial charge in [-0.15, -0.1) is 0 Å². The van der Waals surface area contributed by atoms with Crippen LogP contribution < -0.4 is 5.32 Å². The van der Waals surface area contributed by atoms with Crippen LogP contribution in [0.25, 0.3) is 0 Å². The van der Waals surface area contributed by atoms with Crippen LogP contribution in [0.3, 0.4) is 0 Å². The summed E-state index contributed by atoms with van der Waals surface area (Å²) in [5.74, 6) is -0.173. The lowest BCUT2D eigenvalue weighted by molar-refractivity contribution is -0.140. The predicted octanol–water partition coefficient (Wildman–Crippen LogP) is 5.06. The van der Waals surface area contributed by atoms with Gasteiger partial charge in [0, 0.05) is 40.7 Å². The Morgan fingerprint density at radius 2 is 1.94 bits per heavy atom. The van der Waals surface area contributed by atoms with Crippen molar-refractivity contribution in [3.8, 4) is 0 Å². The molecule has 0 amide bonds. The number of carbonyl (C=O) groups is 1. The zero-order valence-corrected chi connectivity index (χ0v) is 18.7. The van der Waals surface area contributed by atoms with Gasteiger partial charge in [0.15, 0.2) is 0 Å². The number of pyridine rings is 1. The number of ether oxygens (including phenoxy) is 1. The first-order chi connectivity index (χ1) is 16.0. The van der Waals surface area contributed by atoms with E-state index in [2.05, 4.69) is 10.3 Å². The summed E-state index contributed by atoms with van der Waals surface area (Å²) in [6.07, 6.45) is 3.89. The maximum absolute atomic E-state index is 14.8. The number of nitrogens with one attached hydrogen (secondary N) is 1. The Morgan fingerprint density at radius 3 is 2.70 bits per heavy atom. The zero-order chi connectivity index (χ0) is 23.2. The van der Waals surface area contributed by atoms with Gasteiger partial charge in [-0.05, 0) is 54.4 Å². The molecule has 0 aliphatic carbocycles. The van der Waals surface area contributed by atoms with Crippen molar-refractivity contribution in [1.82, 2.24) is 4.98 Å². The predicted molar refractivity (Wildman–Crippen MR) is 128 cm³/mol. The van der Waals surface area contributed by atoms with E-state index >= 15 is 0 Å². The van der Waals surface area contributed by atoms with Gasteiger partial charge in [-0.3, -0.25) is 19.8 Å². The highest BCUT2D eigenvalue weighted by Crippen LogP contribution is 2.29. The molecule has 1 N–H and O–H groups in total. The van der Waals surface area contributed by atoms with Crippen molar-refractivity contribution in [2.24, 2.45) is 9.98 Å². The largest absolute Gasteiger partial charge is 0.469 e. The molecule has 0 saturated heterocycles. The number of hydrogen-bond acceptors (Lipinski definition) is 5. The number of esters is 1. The highest BCUT2D eigenvalue weighted by molar-refractivity contribution is 6.32. The number of amidine groups is 1. The van der Waals surface area contributed by atoms with E-state index in [0.717, 1.165) is 5.56 Å². The van der Waals surface area contributed by atoms with Crippen molar-refractivity contribution in [2.75, 3.05) is 12.4 Å². The van der Waals surface area contributed by atoms with Crippen molar-refractivity contribution < 1.29 is 13.9 Å². The Bertz CT molecular complexity index is 1210. The molecule has 1 aromatic heterocycles. The second-order valence-corrected chi connectivity index (χ2v) is 7.90. The fraction of sp³-hybridized carbons (Fsp3) is 0.200. The molecule has 168 valence electrons. The van der Waals surface area contributed by atoms with Crippen LogP contribution in [0.15, 0.2) is 77.0 Å². The topological polar surface area (TPSA) is 75.9 Å². The second-order valence-electron chi connectivity index (χ2n) is 7.46. The Morgan fingerprint density at radius 1 is 1.15 bits per heavy atom. The summed E-state index contributed by atoms with van der Waals surface area (Å²) < 4.78 is 19.6. The normalized spacial score (nSPS) is 16.4. The molecule has 4 rings (SSSR count). The SMILES string of the molecule is COC(=O)CC[C@@H]1N=C(c2ccccc2F)c2cc(Cl)ccc2NC1=NCc1ccncc1. The molecule has 1 aliphatic heterocycles. The molecule has 3 aromatic rings. The van der Waals surface area contributed by atoms with Crippen LogP contribution in [-0.2, 0) is 16.1 Å². The number of benzene rings is 2. The van der Waals surface area contributed by atoms with Crippen LogP contribution in [0.4, 0.5) is 10.1 Å². The summed E-state index contributed by atoms with van der Waals surface area (Å²) in [6, 6.07) is 15.0. The quantitative estimate of drug-likeness (QED) is 0.517. The van der Waals surface area contributed by atoms with E-state index in [1.54, 1.807) is 42.7 Å². The van der Waals surface area contributed by atoms with E-state index in [4.69, 9.17) is 26.3 Å². The number of fused-ring (bicyclic) bond motifs is 1. The fourth-order valence-corrected chi connectivity index (χ4v) is 3.74. The summed E-state index contributed by atoms with van der Waals surface area (Å²) in [5.41, 5.74) is 3.13. The lowest BCUT2D eigenvalue weighted by Crippen LogP contribution is -2.27. The first kappa shape index (κ1) is 22.6. The van der Waals surface area contributed by atoms with Crippen LogP contribution in [0.5, 0.6) is 0 Å². The molecule has 33 heavy (non-hydrogen) atoms. The molecule has 6 nitrogen and oxygen atoms in total. The maximum Gasteiger partial charge on any atom is 0.305 e. The van der Waals surface area contributed by atoms with E-state index < -0.39 is 11.9 Å². The van der Waals surface area contributed by atoms with E-state index in [1.807, 2.05) is 18.2 Å². The molecule has 0 saturated carbocycles. The number of halogens is 2. The number of aromatic nitrogens is 1. The number of hydrogen-bond donors (Lipinski definition) is 1. The standard InChI is InChI=1S/C25H22ClFN4O2/c1-33-23(32)9-8-22-25(29-15-16-10-12-28-13-11-16)31-21-7-6-17(26)14-19(21)24(30-22)18-4-2-3-5-20(18)27/h2-7,10-14,22H,8-9,15H2,1H3,(H,29,31)/t22-/m0/s1. The molecule has 0 radical (unpaired) electrons. The van der Waals surface area contributed by atoms with Gasteiger partial charge < -0.3 is 10.1 Å². The van der Waals surface area contributed by atoms with Crippen LogP contribution in [-0.4, -0.2) is 35.7 Å². The molecule has 0 spiro atoms. The summed E-state index contributed by atoms with van der Waals surface area (Å²) in [4.78, 5) is 25.6. The van der Waals surface area contributed by atoms with Crippen LogP contribution in [0.1, 0.15) is 29.5 Å². The molecular formula is C25H22ClFN4O2. The van der Waals surface area contributed by atoms with E-state index in [-0.39, 0.29) is 12.4 Å². The number of rotatable bonds is 6. The molecule has 2 heterocycles. The van der Waals surface area contributed by atoms with Crippen molar-refractivity contribution in [3.05, 3.63) is 94.5 Å². The van der Waals surface area contributed by atoms with E-state index in [0.29, 0.717) is 46.3 Å². The maximum atomic E-state index is 14.8. The average Bonchev–Trinajstić information content (AvgIpc) is 2.98. The van der Waals surface area contributed by atoms with E-state index in [1.165, 1.54) is 13.2 Å². The Kier molecular flexibility index (Phi) is 7.10. The summed E-state index contributed by atoms with van der Waals surface area (Å²) in [6.45, 7) is 0.396. The van der Waals surface area contributed by atoms with Gasteiger partial charge in [-0.25, -0.2) is 4.39 Å². The van der Waals surface area contributed by atoms with Crippen molar-refractivity contribution >= 4 is 34.8 Å². The second kappa shape index (κ2) is 10.4. The Balaban J connectivity index is 1.82. The molecule has 1 atom stereocenters. The van der Waals surface area contributed by atoms with Crippen molar-refractivity contribution in [3.63, 3.8) is 0 Å². The van der Waals surface area contributed by atoms with Crippen molar-refractivity contribution in [1.29, 1.82) is 0 Å². The zero-order valence-electron chi connectivity index (χ0n) is 18.0. The van der Waals surface area contributed by atoms with Gasteiger partial charge in [-0.1, -0.05) is 23.7 Å². The third-order valence-corrected chi connectivity index (χ3v) is 5.50. The minimum Gasteiger partial charge on any atom is -0.469 e. The molecule has 0 unspecified atom stereocenters. The van der Waals surface area contributed by atoms with Gasteiger partial charge in [0.2, 0.25) is 0 Å². The molecular weight excluding hydrogens is 443 g/mol. The van der Waals surface area contributed by atoms with Crippen LogP contribution in [0.2, 0.25) is 5.02 Å². The third kappa shape index (κ3) is 5.43. The average molecular weight is 465 g/mol. The Labute approximate surface area is 196 Å². The summed E-state index contributed by atoms with van der Waals surface area (Å²) in [5, 5.41) is 3.86. The highest BCUT2D eigenvalue weighted by atomic mass is 35.5. The number of methoxy groups -OCH3 is 1. The molecule has 0 bridgehead atoms. The van der Waals surface area contributed by atoms with Gasteiger partial charge in [0.05, 0.1) is 19.4 Å². The van der Waals surface area contributed by atoms with Crippen LogP contribution in [0, 0.1) is 5.82 Å². The minimum atomic E-state index is -0.522. The minimum absolute atomic E-state index is 0.141. The lowest BCUT2D eigenvalue weighted by atomic mass is 10.00. The lowest BCUT2D eigenvalue weighted by Gasteiger charge is -2.15. The van der Waals surface area contributed by atoms with Gasteiger partial charge in [-0.2, -0.15) is 0 Å². The number of carbonyl (C=O) groups excluding carboxylic acids is 1. The number of aliphatic imine (C=N–C) groups is 2. The molecule has 2 aromatic carbocycles. The third-order valence-electron chi connectivity index (χ3n) is 5.26. The first-order valence-electron chi connectivity index (χ1n) is 10.4. The molecule has 1 aliphatic rings. The number of nitrogens with zero attached hydrogens (tertiary/aromatic N) is 3. The van der Waals surface area contributed by atoms with E-state index in [9.17, 15) is 9.18 Å². The van der Waals surface area contributed by atoms with Gasteiger partial charge in [0.1, 0.15) is 17.7 Å². The van der Waals surface area contributed by atoms with Crippen LogP contribution >= 0.6 is 11.6 Å². The molecule has 0 fully saturated rings. The monoisotopic (exact) mass is 464 g/mol. The van der Waals surface area contributed by atoms with Gasteiger partial charge in [0.25, 0.3) is 0 Å². The van der Waals surface area contributed by atoms with Crippen molar-refractivity contribution in [2.45, 2.75) is 25.4 Å². The van der Waals surface area contributed by atoms with Gasteiger partial charge >= 0.3 is 5.97 Å². The highest BCUT2D eigenvalue weighted by Gasteiger charge is 2.26. The Hall–Kier alpha value is -3.58. The molecule has 8 heteroatoms. The first-order valence-corrected chi connectivity index (χ1v) is 10.8. The smallest absolute Gasteiger partial charge is 0.305 e. The summed E-state index contributed by atoms with van der Waals surface area (Å²) >= 11 is 6.28.